The Morgan fingerprint density at radius 1 is 1.70 bits per heavy atom. The lowest BCUT2D eigenvalue weighted by Gasteiger charge is -2.05. The van der Waals surface area contributed by atoms with Gasteiger partial charge in [0.15, 0.2) is 0 Å². The number of carbonyl (C=O) groups is 2. The summed E-state index contributed by atoms with van der Waals surface area (Å²) in [6.07, 6.45) is 0. The molecule has 0 saturated heterocycles. The van der Waals surface area contributed by atoms with Crippen LogP contribution in [0.3, 0.4) is 0 Å². The number of aliphatic carboxylic acids is 1. The van der Waals surface area contributed by atoms with E-state index in [-0.39, 0.29) is 12.5 Å². The number of nitrogens with one attached hydrogen (secondary N) is 1. The fourth-order valence-corrected chi connectivity index (χ4v) is 0.341. The largest absolute Gasteiger partial charge is 0.480 e. The van der Waals surface area contributed by atoms with Crippen molar-refractivity contribution in [2.24, 2.45) is 5.73 Å². The van der Waals surface area contributed by atoms with E-state index in [4.69, 9.17) is 10.8 Å². The number of carboxylic acid groups (broad SMARTS) is 1. The first-order valence-electron chi connectivity index (χ1n) is 2.77. The number of amides is 1. The van der Waals surface area contributed by atoms with Crippen LogP contribution in [0.1, 0.15) is 6.92 Å². The molecule has 0 aromatic carbocycles. The van der Waals surface area contributed by atoms with Crippen LogP contribution in [0.15, 0.2) is 0 Å². The summed E-state index contributed by atoms with van der Waals surface area (Å²) >= 11 is 0. The molecule has 0 heterocycles. The number of rotatable bonds is 3. The van der Waals surface area contributed by atoms with Crippen molar-refractivity contribution in [1.29, 1.82) is 0 Å². The summed E-state index contributed by atoms with van der Waals surface area (Å²) in [6, 6.07) is -1.01. The molecular weight excluding hydrogens is 136 g/mol. The summed E-state index contributed by atoms with van der Waals surface area (Å²) in [6.45, 7) is 1.28. The maximum atomic E-state index is 10.2. The first-order chi connectivity index (χ1) is 4.54. The van der Waals surface area contributed by atoms with Gasteiger partial charge in [-0.2, -0.15) is 0 Å². The average Bonchev–Trinajstić information content (AvgIpc) is 1.82. The highest BCUT2D eigenvalue weighted by molar-refractivity contribution is 5.76. The van der Waals surface area contributed by atoms with Gasteiger partial charge in [-0.3, -0.25) is 9.59 Å². The maximum Gasteiger partial charge on any atom is 0.322 e. The molecule has 0 aromatic rings. The smallest absolute Gasteiger partial charge is 0.322 e. The molecule has 1 atom stereocenters. The van der Waals surface area contributed by atoms with Gasteiger partial charge < -0.3 is 16.2 Å². The third-order valence-corrected chi connectivity index (χ3v) is 0.888. The van der Waals surface area contributed by atoms with Gasteiger partial charge in [-0.25, -0.2) is 0 Å². The summed E-state index contributed by atoms with van der Waals surface area (Å²) in [7, 11) is 0. The van der Waals surface area contributed by atoms with Crippen LogP contribution in [0.5, 0.6) is 0 Å². The van der Waals surface area contributed by atoms with Crippen LogP contribution >= 0.6 is 0 Å². The van der Waals surface area contributed by atoms with Crippen LogP contribution < -0.4 is 11.1 Å². The molecule has 10 heavy (non-hydrogen) atoms. The predicted octanol–water partition coefficient (Wildman–Crippen LogP) is -1.47. The zero-order valence-electron chi connectivity index (χ0n) is 5.63. The van der Waals surface area contributed by atoms with Gasteiger partial charge in [0.25, 0.3) is 0 Å². The van der Waals surface area contributed by atoms with E-state index in [2.05, 4.69) is 5.32 Å². The lowest BCUT2D eigenvalue weighted by atomic mass is 10.3. The van der Waals surface area contributed by atoms with Gasteiger partial charge in [-0.15, -0.1) is 0 Å². The quantitative estimate of drug-likeness (QED) is 0.453. The van der Waals surface area contributed by atoms with Crippen LogP contribution in [0.4, 0.5) is 0 Å². The molecule has 58 valence electrons. The second-order valence-electron chi connectivity index (χ2n) is 1.88. The molecule has 5 nitrogen and oxygen atoms in total. The Balaban J connectivity index is 3.49. The van der Waals surface area contributed by atoms with Crippen molar-refractivity contribution in [3.63, 3.8) is 0 Å². The molecule has 0 aliphatic carbocycles. The van der Waals surface area contributed by atoms with Gasteiger partial charge in [0.1, 0.15) is 6.04 Å². The van der Waals surface area contributed by atoms with Crippen LogP contribution in [-0.4, -0.2) is 29.6 Å². The number of carbonyl (C=O) groups excluding carboxylic acids is 1. The Labute approximate surface area is 58.2 Å². The van der Waals surface area contributed by atoms with Crippen LogP contribution in [-0.2, 0) is 9.59 Å². The monoisotopic (exact) mass is 146 g/mol. The van der Waals surface area contributed by atoms with E-state index < -0.39 is 12.0 Å². The number of hydrogen-bond donors (Lipinski definition) is 3. The van der Waals surface area contributed by atoms with Crippen LogP contribution in [0, 0.1) is 0 Å². The molecule has 0 unspecified atom stereocenters. The second kappa shape index (κ2) is 3.84. The molecule has 0 rings (SSSR count). The Kier molecular flexibility index (Phi) is 3.42. The molecule has 0 aliphatic rings. The van der Waals surface area contributed by atoms with Crippen LogP contribution in [0.2, 0.25) is 0 Å². The van der Waals surface area contributed by atoms with Gasteiger partial charge in [-0.1, -0.05) is 0 Å². The summed E-state index contributed by atoms with van der Waals surface area (Å²) in [4.78, 5) is 20.2. The Bertz CT molecular complexity index is 146. The fraction of sp³-hybridized carbons (Fsp3) is 0.600. The third kappa shape index (κ3) is 3.85. The molecule has 0 bridgehead atoms. The summed E-state index contributed by atoms with van der Waals surface area (Å²) < 4.78 is 0. The molecule has 4 N–H and O–H groups in total. The highest BCUT2D eigenvalue weighted by Crippen LogP contribution is 1.74. The molecule has 5 heteroatoms. The highest BCUT2D eigenvalue weighted by Gasteiger charge is 2.10. The minimum absolute atomic E-state index is 0.0231. The van der Waals surface area contributed by atoms with E-state index in [1.165, 1.54) is 6.92 Å². The SMILES string of the molecule is CC(=O)NC[C@@H](N)C(=O)O. The fourth-order valence-electron chi connectivity index (χ4n) is 0.341. The number of carboxylic acids is 1. The lowest BCUT2D eigenvalue weighted by Crippen LogP contribution is -2.41. The highest BCUT2D eigenvalue weighted by atomic mass is 16.4. The maximum absolute atomic E-state index is 10.2. The molecule has 0 aliphatic heterocycles. The number of hydrogen-bond acceptors (Lipinski definition) is 3. The molecule has 0 aromatic heterocycles. The van der Waals surface area contributed by atoms with Crippen molar-refractivity contribution in [3.05, 3.63) is 0 Å². The van der Waals surface area contributed by atoms with Gasteiger partial charge in [0.2, 0.25) is 5.91 Å². The minimum Gasteiger partial charge on any atom is -0.480 e. The summed E-state index contributed by atoms with van der Waals surface area (Å²) in [5, 5.41) is 10.5. The summed E-state index contributed by atoms with van der Waals surface area (Å²) in [5.41, 5.74) is 5.05. The molecule has 0 fully saturated rings. The first kappa shape index (κ1) is 8.90. The van der Waals surface area contributed by atoms with Crippen molar-refractivity contribution < 1.29 is 14.7 Å². The van der Waals surface area contributed by atoms with Crippen molar-refractivity contribution in [2.45, 2.75) is 13.0 Å². The Morgan fingerprint density at radius 2 is 2.20 bits per heavy atom. The van der Waals surface area contributed by atoms with Gasteiger partial charge in [0, 0.05) is 13.5 Å². The van der Waals surface area contributed by atoms with Crippen molar-refractivity contribution in [1.82, 2.24) is 5.32 Å². The van der Waals surface area contributed by atoms with E-state index in [0.717, 1.165) is 0 Å². The van der Waals surface area contributed by atoms with E-state index >= 15 is 0 Å². The van der Waals surface area contributed by atoms with Gasteiger partial charge in [0.05, 0.1) is 0 Å². The minimum atomic E-state index is -1.12. The van der Waals surface area contributed by atoms with Gasteiger partial charge >= 0.3 is 5.97 Å². The van der Waals surface area contributed by atoms with E-state index in [0.29, 0.717) is 0 Å². The van der Waals surface area contributed by atoms with Crippen molar-refractivity contribution in [3.8, 4) is 0 Å². The zero-order valence-corrected chi connectivity index (χ0v) is 5.63. The predicted molar refractivity (Wildman–Crippen MR) is 34.3 cm³/mol. The standard InChI is InChI=1S/C5H10N2O3/c1-3(8)7-2-4(6)5(9)10/h4H,2,6H2,1H3,(H,7,8)(H,9,10)/t4-/m1/s1. The molecule has 0 saturated carbocycles. The topological polar surface area (TPSA) is 92.4 Å². The second-order valence-corrected chi connectivity index (χ2v) is 1.88. The summed E-state index contributed by atoms with van der Waals surface area (Å²) in [5.74, 6) is -1.40. The average molecular weight is 146 g/mol. The van der Waals surface area contributed by atoms with Crippen molar-refractivity contribution in [2.75, 3.05) is 6.54 Å². The number of nitrogens with two attached hydrogens (primary N) is 1. The lowest BCUT2D eigenvalue weighted by molar-refractivity contribution is -0.138. The Morgan fingerprint density at radius 3 is 2.50 bits per heavy atom. The van der Waals surface area contributed by atoms with E-state index in [1.807, 2.05) is 0 Å². The zero-order chi connectivity index (χ0) is 8.15. The van der Waals surface area contributed by atoms with Gasteiger partial charge in [-0.05, 0) is 0 Å². The molecule has 0 radical (unpaired) electrons. The van der Waals surface area contributed by atoms with E-state index in [1.54, 1.807) is 0 Å². The molecule has 1 amide bonds. The first-order valence-corrected chi connectivity index (χ1v) is 2.77. The normalized spacial score (nSPS) is 12.2. The van der Waals surface area contributed by atoms with Crippen molar-refractivity contribution >= 4 is 11.9 Å². The van der Waals surface area contributed by atoms with E-state index in [9.17, 15) is 9.59 Å². The third-order valence-electron chi connectivity index (χ3n) is 0.888. The Hall–Kier alpha value is -1.10. The van der Waals surface area contributed by atoms with Crippen LogP contribution in [0.25, 0.3) is 0 Å². The molecular formula is C5H10N2O3. The molecule has 0 spiro atoms.